The standard InChI is InChI=1S/C62H40N2.C48H32N2.C13H6F6N.C6H5NO2.Ir/c1-7-21-41(22-8-1)55-59-49-35-19-33-47-53(63(43-25-11-3-12-26-43)44-27-13-4-14-28-44)39-37-51(57(47)49)61(59)56(42-23-9-2-10-24-42)62-52-38-40-54(48-34-20-36-50(58(48)52)60(55)62)64(45-29-15-5-16-30-45)46-31-17-6-18-32-46;1-2-12-33(13-3-1)36-30-37(34-22-26-39(27-23-34)49-45-18-8-4-14-41(45)42-15-5-9-19-46(42)49)32-38(31-36)35-24-28-40(29-25-35)50-47-20-10-6-16-43(47)44-17-7-11-21-48(44)50;14-12(15,16)9-5-8(11-3-1-2-4-20-11)6-10(7-9)13(17,18)19;8-6(9)5-3-1-2-4-7-5;/h1-40H;1-32H;1-5,7H;1-4H,(H,8,9);/q;;-1;;. The fraction of sp³-hybridized carbons (Fsp3) is 0.0155. The van der Waals surface area contributed by atoms with Crippen molar-refractivity contribution < 1.29 is 56.3 Å². The van der Waals surface area contributed by atoms with Gasteiger partial charge in [-0.25, -0.2) is 9.78 Å². The predicted molar refractivity (Wildman–Crippen MR) is 575 cm³/mol. The van der Waals surface area contributed by atoms with Gasteiger partial charge < -0.3 is 29.0 Å². The number of carboxylic acids is 1. The van der Waals surface area contributed by atoms with E-state index in [1.54, 1.807) is 12.1 Å². The Morgan fingerprint density at radius 3 is 0.896 bits per heavy atom. The topological polar surface area (TPSA) is 79.4 Å². The monoisotopic (exact) mass is 2050 g/mol. The van der Waals surface area contributed by atoms with E-state index in [-0.39, 0.29) is 43.1 Å². The third-order valence-electron chi connectivity index (χ3n) is 26.7. The van der Waals surface area contributed by atoms with Crippen LogP contribution in [-0.4, -0.2) is 30.2 Å². The summed E-state index contributed by atoms with van der Waals surface area (Å²) in [6, 6.07) is 171. The number of nitrogens with zero attached hydrogens (tertiary/aromatic N) is 6. The van der Waals surface area contributed by atoms with E-state index in [1.165, 1.54) is 201 Å². The number of rotatable bonds is 15. The molecule has 0 aliphatic rings. The van der Waals surface area contributed by atoms with Crippen molar-refractivity contribution in [2.75, 3.05) is 9.80 Å². The van der Waals surface area contributed by atoms with Crippen LogP contribution in [-0.2, 0) is 32.5 Å². The van der Waals surface area contributed by atoms with Crippen molar-refractivity contribution in [2.24, 2.45) is 0 Å². The molecule has 15 heteroatoms. The van der Waals surface area contributed by atoms with E-state index in [4.69, 9.17) is 5.11 Å². The van der Waals surface area contributed by atoms with Gasteiger partial charge in [-0.1, -0.05) is 328 Å². The molecule has 0 spiro atoms. The number of hydrogen-bond acceptors (Lipinski definition) is 5. The van der Waals surface area contributed by atoms with Gasteiger partial charge in [-0.3, -0.25) is 0 Å². The van der Waals surface area contributed by atoms with Crippen molar-refractivity contribution in [1.29, 1.82) is 0 Å². The predicted octanol–water partition coefficient (Wildman–Crippen LogP) is 36.0. The number of hydrogen-bond donors (Lipinski definition) is 1. The van der Waals surface area contributed by atoms with Crippen molar-refractivity contribution in [3.8, 4) is 78.3 Å². The van der Waals surface area contributed by atoms with Gasteiger partial charge in [-0.15, -0.1) is 23.8 Å². The molecule has 0 amide bonds. The number of benzene rings is 20. The maximum absolute atomic E-state index is 12.7. The van der Waals surface area contributed by atoms with Crippen LogP contribution in [0.25, 0.3) is 187 Å². The minimum atomic E-state index is -4.91. The molecule has 0 bridgehead atoms. The molecule has 1 N–H and O–H groups in total. The molecule has 0 aliphatic carbocycles. The molecule has 1 radical (unpaired) electrons. The summed E-state index contributed by atoms with van der Waals surface area (Å²) in [6.45, 7) is 0. The van der Waals surface area contributed by atoms with Gasteiger partial charge in [0.05, 0.1) is 33.4 Å². The van der Waals surface area contributed by atoms with Gasteiger partial charge >= 0.3 is 18.3 Å². The first kappa shape index (κ1) is 91.2. The SMILES string of the molecule is FC(F)(F)c1[c-]c(-c2ccccn2)cc(C(F)(F)F)c1.O=C(O)c1ccccn1.[Ir].c1ccc(-c2c3c4cccc5c(N(c6ccccc6)c6ccccc6)ccc(c3c(-c3ccccc3)c3c6ccc(N(c7ccccc7)c7ccccc7)c7cccc(c23)c76)c54)cc1.c1ccc(-c2cc(-c3ccc(-n4c5ccccc5c5ccccc54)cc3)cc(-c3ccc(-n4c5ccccc5c5ccccc54)cc3)c2)cc1. The Morgan fingerprint density at radius 1 is 0.264 bits per heavy atom. The van der Waals surface area contributed by atoms with E-state index < -0.39 is 29.4 Å². The van der Waals surface area contributed by atoms with Gasteiger partial charge in [0.1, 0.15) is 5.69 Å². The molecule has 4 aromatic heterocycles. The fourth-order valence-electron chi connectivity index (χ4n) is 20.6. The van der Waals surface area contributed by atoms with Gasteiger partial charge in [0.15, 0.2) is 0 Å². The molecular formula is C129H83F6IrN6O2-. The van der Waals surface area contributed by atoms with Crippen LogP contribution in [0.4, 0.5) is 60.5 Å². The van der Waals surface area contributed by atoms with Crippen LogP contribution in [0.2, 0.25) is 0 Å². The Bertz CT molecular complexity index is 8470. The number of carbonyl (C=O) groups is 1. The second kappa shape index (κ2) is 38.7. The third-order valence-corrected chi connectivity index (χ3v) is 26.7. The van der Waals surface area contributed by atoms with Crippen molar-refractivity contribution in [1.82, 2.24) is 19.1 Å². The summed E-state index contributed by atoms with van der Waals surface area (Å²) in [7, 11) is 0. The number of carboxylic acid groups (broad SMARTS) is 1. The number of aromatic nitrogens is 4. The molecule has 0 saturated carbocycles. The number of alkyl halides is 6. The van der Waals surface area contributed by atoms with E-state index in [0.717, 1.165) is 45.5 Å². The van der Waals surface area contributed by atoms with Crippen LogP contribution in [0.3, 0.4) is 0 Å². The van der Waals surface area contributed by atoms with Crippen LogP contribution in [0.5, 0.6) is 0 Å². The van der Waals surface area contributed by atoms with Crippen LogP contribution >= 0.6 is 0 Å². The normalized spacial score (nSPS) is 11.5. The molecule has 0 aliphatic heterocycles. The van der Waals surface area contributed by atoms with Crippen LogP contribution in [0.1, 0.15) is 21.6 Å². The zero-order chi connectivity index (χ0) is 96.8. The summed E-state index contributed by atoms with van der Waals surface area (Å²) in [5.74, 6) is -0.990. The second-order valence-electron chi connectivity index (χ2n) is 35.1. The molecule has 0 saturated heterocycles. The van der Waals surface area contributed by atoms with Crippen LogP contribution in [0, 0.1) is 6.07 Å². The molecule has 0 fully saturated rings. The van der Waals surface area contributed by atoms with Gasteiger partial charge in [0.25, 0.3) is 0 Å². The van der Waals surface area contributed by atoms with Crippen LogP contribution < -0.4 is 9.80 Å². The molecular weight excluding hydrogens is 1970 g/mol. The van der Waals surface area contributed by atoms with Crippen molar-refractivity contribution >= 4 is 148 Å². The Labute approximate surface area is 838 Å². The minimum Gasteiger partial charge on any atom is -0.477 e. The summed E-state index contributed by atoms with van der Waals surface area (Å²) < 4.78 is 80.6. The fourth-order valence-corrected chi connectivity index (χ4v) is 20.6. The average molecular weight is 2060 g/mol. The molecule has 22 aromatic carbocycles. The average Bonchev–Trinajstić information content (AvgIpc) is 1.51. The van der Waals surface area contributed by atoms with Gasteiger partial charge in [0.2, 0.25) is 0 Å². The minimum absolute atomic E-state index is 0. The summed E-state index contributed by atoms with van der Waals surface area (Å²) >= 11 is 0. The zero-order valence-corrected chi connectivity index (χ0v) is 79.4. The number of fused-ring (bicyclic) bond motifs is 12. The first-order valence-corrected chi connectivity index (χ1v) is 47.1. The number of para-hydroxylation sites is 8. The van der Waals surface area contributed by atoms with Gasteiger partial charge in [-0.2, -0.15) is 26.3 Å². The summed E-state index contributed by atoms with van der Waals surface area (Å²) in [5, 5.41) is 28.7. The Kier molecular flexibility index (Phi) is 24.5. The Balaban J connectivity index is 0.000000130. The molecule has 0 unspecified atom stereocenters. The number of pyridine rings is 2. The van der Waals surface area contributed by atoms with Crippen LogP contribution in [0.15, 0.2) is 498 Å². The molecule has 4 heterocycles. The summed E-state index contributed by atoms with van der Waals surface area (Å²) in [5.41, 5.74) is 23.1. The van der Waals surface area contributed by atoms with E-state index in [9.17, 15) is 31.1 Å². The maximum Gasteiger partial charge on any atom is 0.399 e. The second-order valence-corrected chi connectivity index (χ2v) is 35.1. The number of aromatic carboxylic acids is 1. The summed E-state index contributed by atoms with van der Waals surface area (Å²) in [4.78, 5) is 22.3. The quantitative estimate of drug-likeness (QED) is 0.0814. The Morgan fingerprint density at radius 2 is 0.569 bits per heavy atom. The molecule has 26 aromatic rings. The number of halogens is 6. The molecule has 144 heavy (non-hydrogen) atoms. The van der Waals surface area contributed by atoms with Crippen molar-refractivity contribution in [3.05, 3.63) is 521 Å². The van der Waals surface area contributed by atoms with Crippen molar-refractivity contribution in [3.63, 3.8) is 0 Å². The molecule has 0 atom stereocenters. The van der Waals surface area contributed by atoms with Crippen molar-refractivity contribution in [2.45, 2.75) is 12.4 Å². The van der Waals surface area contributed by atoms with Gasteiger partial charge in [-0.05, 0) is 272 Å². The molecule has 8 nitrogen and oxygen atoms in total. The zero-order valence-electron chi connectivity index (χ0n) is 77.0. The molecule has 693 valence electrons. The summed E-state index contributed by atoms with van der Waals surface area (Å²) in [6.07, 6.45) is -7.07. The van der Waals surface area contributed by atoms with E-state index in [2.05, 4.69) is 466 Å². The largest absolute Gasteiger partial charge is 0.477 e. The van der Waals surface area contributed by atoms with Gasteiger partial charge in [0, 0.05) is 98.9 Å². The molecule has 26 rings (SSSR count). The first-order valence-electron chi connectivity index (χ1n) is 47.1. The Hall–Kier alpha value is -17.9. The van der Waals surface area contributed by atoms with E-state index in [1.807, 2.05) is 6.07 Å². The maximum atomic E-state index is 12.7. The van der Waals surface area contributed by atoms with E-state index in [0.29, 0.717) is 6.07 Å². The first-order chi connectivity index (χ1) is 70.1. The smallest absolute Gasteiger partial charge is 0.399 e. The third kappa shape index (κ3) is 17.1. The van der Waals surface area contributed by atoms with E-state index >= 15 is 0 Å². The number of anilines is 6.